The molecule has 0 radical (unpaired) electrons. The molecule has 106 valence electrons. The maximum absolute atomic E-state index is 5.51. The molecule has 2 heterocycles. The molecule has 0 aromatic heterocycles. The zero-order valence-electron chi connectivity index (χ0n) is 11.3. The molecule has 1 atom stereocenters. The Bertz CT molecular complexity index is 236. The number of halogens is 1. The van der Waals surface area contributed by atoms with Crippen LogP contribution < -0.4 is 5.32 Å². The first-order chi connectivity index (χ1) is 8.42. The molecule has 3 fully saturated rings. The molecule has 3 rings (SSSR count). The first-order valence-electron chi connectivity index (χ1n) is 7.44. The van der Waals surface area contributed by atoms with Crippen LogP contribution in [0, 0.1) is 11.8 Å². The number of nitrogens with one attached hydrogen (secondary N) is 1. The summed E-state index contributed by atoms with van der Waals surface area (Å²) in [6.07, 6.45) is 6.93. The molecule has 3 aliphatic rings. The lowest BCUT2D eigenvalue weighted by Gasteiger charge is -2.31. The van der Waals surface area contributed by atoms with E-state index in [9.17, 15) is 0 Å². The minimum atomic E-state index is 0. The lowest BCUT2D eigenvalue weighted by Crippen LogP contribution is -2.39. The Kier molecular flexibility index (Phi) is 5.74. The molecule has 0 amide bonds. The van der Waals surface area contributed by atoms with E-state index >= 15 is 0 Å². The number of rotatable bonds is 5. The van der Waals surface area contributed by atoms with Crippen molar-refractivity contribution >= 4 is 12.4 Å². The first-order valence-corrected chi connectivity index (χ1v) is 7.44. The van der Waals surface area contributed by atoms with Crippen molar-refractivity contribution in [1.29, 1.82) is 0 Å². The van der Waals surface area contributed by atoms with Crippen molar-refractivity contribution in [3.05, 3.63) is 0 Å². The van der Waals surface area contributed by atoms with Crippen LogP contribution >= 0.6 is 12.4 Å². The molecule has 0 aromatic rings. The topological polar surface area (TPSA) is 24.5 Å². The molecule has 1 aliphatic carbocycles. The van der Waals surface area contributed by atoms with Crippen molar-refractivity contribution in [3.8, 4) is 0 Å². The number of hydrogen-bond donors (Lipinski definition) is 1. The van der Waals surface area contributed by atoms with Gasteiger partial charge in [0.15, 0.2) is 0 Å². The first kappa shape index (κ1) is 14.6. The summed E-state index contributed by atoms with van der Waals surface area (Å²) in [6.45, 7) is 7.12. The highest BCUT2D eigenvalue weighted by Gasteiger charge is 2.33. The van der Waals surface area contributed by atoms with Gasteiger partial charge in [0.25, 0.3) is 0 Å². The Hall–Kier alpha value is 0.170. The summed E-state index contributed by atoms with van der Waals surface area (Å²) in [5.74, 6) is 1.76. The van der Waals surface area contributed by atoms with Crippen molar-refractivity contribution in [2.75, 3.05) is 39.4 Å². The molecule has 0 spiro atoms. The lowest BCUT2D eigenvalue weighted by atomic mass is 9.96. The van der Waals surface area contributed by atoms with Crippen LogP contribution in [-0.4, -0.2) is 50.3 Å². The van der Waals surface area contributed by atoms with E-state index in [-0.39, 0.29) is 12.4 Å². The lowest BCUT2D eigenvalue weighted by molar-refractivity contribution is 0.147. The Morgan fingerprint density at radius 2 is 1.67 bits per heavy atom. The van der Waals surface area contributed by atoms with Crippen LogP contribution in [0.4, 0.5) is 0 Å². The van der Waals surface area contributed by atoms with Crippen molar-refractivity contribution < 1.29 is 4.74 Å². The second-order valence-electron chi connectivity index (χ2n) is 6.11. The van der Waals surface area contributed by atoms with Gasteiger partial charge in [-0.05, 0) is 57.0 Å². The predicted octanol–water partition coefficient (Wildman–Crippen LogP) is 1.91. The van der Waals surface area contributed by atoms with E-state index in [1.807, 2.05) is 0 Å². The molecule has 18 heavy (non-hydrogen) atoms. The number of piperidine rings is 1. The summed E-state index contributed by atoms with van der Waals surface area (Å²) in [5.41, 5.74) is 0. The molecular weight excluding hydrogens is 248 g/mol. The van der Waals surface area contributed by atoms with Gasteiger partial charge < -0.3 is 10.1 Å². The van der Waals surface area contributed by atoms with Crippen LogP contribution in [0.25, 0.3) is 0 Å². The van der Waals surface area contributed by atoms with Gasteiger partial charge in [-0.1, -0.05) is 0 Å². The largest absolute Gasteiger partial charge is 0.381 e. The van der Waals surface area contributed by atoms with Gasteiger partial charge in [0.05, 0.1) is 6.61 Å². The number of ether oxygens (including phenoxy) is 1. The number of hydrogen-bond acceptors (Lipinski definition) is 3. The molecule has 0 bridgehead atoms. The average molecular weight is 275 g/mol. The minimum Gasteiger partial charge on any atom is -0.381 e. The van der Waals surface area contributed by atoms with Gasteiger partial charge in [-0.3, -0.25) is 4.90 Å². The fourth-order valence-electron chi connectivity index (χ4n) is 3.27. The molecule has 4 heteroatoms. The molecule has 3 nitrogen and oxygen atoms in total. The zero-order valence-corrected chi connectivity index (χ0v) is 12.1. The van der Waals surface area contributed by atoms with E-state index in [1.165, 1.54) is 58.3 Å². The van der Waals surface area contributed by atoms with Crippen molar-refractivity contribution in [1.82, 2.24) is 10.2 Å². The van der Waals surface area contributed by atoms with Crippen molar-refractivity contribution in [2.24, 2.45) is 11.8 Å². The van der Waals surface area contributed by atoms with E-state index < -0.39 is 0 Å². The Morgan fingerprint density at radius 3 is 2.28 bits per heavy atom. The van der Waals surface area contributed by atoms with E-state index in [2.05, 4.69) is 10.2 Å². The standard InChI is InChI=1S/C14H26N2O.ClH/c1-2-14(1)16(10-13-5-8-17-11-13)9-12-3-6-15-7-4-12;/h12-15H,1-11H2;1H. The summed E-state index contributed by atoms with van der Waals surface area (Å²) in [7, 11) is 0. The van der Waals surface area contributed by atoms with E-state index in [1.54, 1.807) is 0 Å². The second kappa shape index (κ2) is 7.09. The molecular formula is C14H27ClN2O. The van der Waals surface area contributed by atoms with Crippen LogP contribution in [0.1, 0.15) is 32.1 Å². The number of nitrogens with zero attached hydrogens (tertiary/aromatic N) is 1. The van der Waals surface area contributed by atoms with Crippen LogP contribution in [0.2, 0.25) is 0 Å². The Morgan fingerprint density at radius 1 is 0.944 bits per heavy atom. The quantitative estimate of drug-likeness (QED) is 0.829. The molecule has 0 aromatic carbocycles. The van der Waals surface area contributed by atoms with Crippen LogP contribution in [0.3, 0.4) is 0 Å². The average Bonchev–Trinajstić information content (AvgIpc) is 3.09. The van der Waals surface area contributed by atoms with Crippen LogP contribution in [0.5, 0.6) is 0 Å². The summed E-state index contributed by atoms with van der Waals surface area (Å²) in [5, 5.41) is 3.47. The third kappa shape index (κ3) is 4.09. The SMILES string of the molecule is C1CC(CN(CC2CCOC2)C2CC2)CCN1.Cl. The summed E-state index contributed by atoms with van der Waals surface area (Å²) in [6, 6.07) is 0.922. The fourth-order valence-corrected chi connectivity index (χ4v) is 3.27. The third-order valence-corrected chi connectivity index (χ3v) is 4.53. The minimum absolute atomic E-state index is 0. The van der Waals surface area contributed by atoms with Gasteiger partial charge >= 0.3 is 0 Å². The second-order valence-corrected chi connectivity index (χ2v) is 6.11. The summed E-state index contributed by atoms with van der Waals surface area (Å²) >= 11 is 0. The molecule has 2 aliphatic heterocycles. The third-order valence-electron chi connectivity index (χ3n) is 4.53. The molecule has 1 unspecified atom stereocenters. The fraction of sp³-hybridized carbons (Fsp3) is 1.00. The normalized spacial score (nSPS) is 29.5. The maximum atomic E-state index is 5.51. The van der Waals surface area contributed by atoms with E-state index in [0.717, 1.165) is 31.1 Å². The monoisotopic (exact) mass is 274 g/mol. The van der Waals surface area contributed by atoms with Gasteiger partial charge in [-0.2, -0.15) is 0 Å². The van der Waals surface area contributed by atoms with Gasteiger partial charge in [0, 0.05) is 25.7 Å². The Labute approximate surface area is 117 Å². The van der Waals surface area contributed by atoms with E-state index in [0.29, 0.717) is 0 Å². The Balaban J connectivity index is 0.00000120. The summed E-state index contributed by atoms with van der Waals surface area (Å²) < 4.78 is 5.51. The van der Waals surface area contributed by atoms with Crippen LogP contribution in [0.15, 0.2) is 0 Å². The predicted molar refractivity (Wildman–Crippen MR) is 76.4 cm³/mol. The highest BCUT2D eigenvalue weighted by Crippen LogP contribution is 2.30. The van der Waals surface area contributed by atoms with E-state index in [4.69, 9.17) is 4.74 Å². The van der Waals surface area contributed by atoms with Crippen LogP contribution in [-0.2, 0) is 4.74 Å². The van der Waals surface area contributed by atoms with Crippen molar-refractivity contribution in [2.45, 2.75) is 38.1 Å². The van der Waals surface area contributed by atoms with Gasteiger partial charge in [0.1, 0.15) is 0 Å². The molecule has 1 saturated carbocycles. The highest BCUT2D eigenvalue weighted by atomic mass is 35.5. The van der Waals surface area contributed by atoms with Gasteiger partial charge in [-0.25, -0.2) is 0 Å². The van der Waals surface area contributed by atoms with Gasteiger partial charge in [0.2, 0.25) is 0 Å². The van der Waals surface area contributed by atoms with Crippen molar-refractivity contribution in [3.63, 3.8) is 0 Å². The molecule has 2 saturated heterocycles. The van der Waals surface area contributed by atoms with Gasteiger partial charge in [-0.15, -0.1) is 12.4 Å². The zero-order chi connectivity index (χ0) is 11.5. The molecule has 1 N–H and O–H groups in total. The summed E-state index contributed by atoms with van der Waals surface area (Å²) in [4.78, 5) is 2.79. The smallest absolute Gasteiger partial charge is 0.0507 e. The maximum Gasteiger partial charge on any atom is 0.0507 e. The highest BCUT2D eigenvalue weighted by molar-refractivity contribution is 5.85.